The van der Waals surface area contributed by atoms with Crippen molar-refractivity contribution in [2.45, 2.75) is 26.4 Å². The van der Waals surface area contributed by atoms with Crippen LogP contribution in [0.15, 0.2) is 12.4 Å². The van der Waals surface area contributed by atoms with E-state index in [0.29, 0.717) is 6.17 Å². The summed E-state index contributed by atoms with van der Waals surface area (Å²) in [5.74, 6) is 0. The third-order valence-electron chi connectivity index (χ3n) is 2.24. The largest absolute Gasteiger partial charge is 0.323 e. The molecule has 1 aliphatic rings. The summed E-state index contributed by atoms with van der Waals surface area (Å²) in [5, 5.41) is 0. The van der Waals surface area contributed by atoms with Crippen molar-refractivity contribution in [3.8, 4) is 0 Å². The minimum absolute atomic E-state index is 0.593. The highest BCUT2D eigenvalue weighted by molar-refractivity contribution is 14.1. The third kappa shape index (κ3) is 1.87. The molecule has 64 valence electrons. The second kappa shape index (κ2) is 3.31. The Bertz CT molecular complexity index is 165. The van der Waals surface area contributed by atoms with Crippen molar-refractivity contribution in [3.63, 3.8) is 0 Å². The summed E-state index contributed by atoms with van der Waals surface area (Å²) in [6.07, 6.45) is 6.27. The van der Waals surface area contributed by atoms with E-state index in [2.05, 4.69) is 61.1 Å². The molecule has 2 atom stereocenters. The summed E-state index contributed by atoms with van der Waals surface area (Å²) in [7, 11) is 2.22. The molecule has 0 radical (unpaired) electrons. The SMILES string of the molecule is CCCN1C=C[N+](C)(I)C1C. The molecule has 0 aromatic rings. The van der Waals surface area contributed by atoms with E-state index in [1.807, 2.05) is 0 Å². The number of quaternary nitrogens is 1. The Balaban J connectivity index is 2.57. The summed E-state index contributed by atoms with van der Waals surface area (Å²) >= 11 is 2.46. The molecule has 2 nitrogen and oxygen atoms in total. The van der Waals surface area contributed by atoms with E-state index in [9.17, 15) is 0 Å². The molecular formula is C8H16IN2+. The molecule has 0 aliphatic carbocycles. The Morgan fingerprint density at radius 2 is 2.27 bits per heavy atom. The minimum atomic E-state index is 0.593. The van der Waals surface area contributed by atoms with Gasteiger partial charge in [0.15, 0.2) is 6.17 Å². The quantitative estimate of drug-likeness (QED) is 0.548. The molecule has 0 saturated heterocycles. The van der Waals surface area contributed by atoms with Crippen LogP contribution in [0.1, 0.15) is 20.3 Å². The number of nitrogens with zero attached hydrogens (tertiary/aromatic N) is 2. The summed E-state index contributed by atoms with van der Waals surface area (Å²) in [6, 6.07) is 0. The van der Waals surface area contributed by atoms with Gasteiger partial charge in [-0.1, -0.05) is 6.92 Å². The summed E-state index contributed by atoms with van der Waals surface area (Å²) < 4.78 is 0.956. The first-order valence-electron chi connectivity index (χ1n) is 4.08. The van der Waals surface area contributed by atoms with Gasteiger partial charge >= 0.3 is 0 Å². The fourth-order valence-electron chi connectivity index (χ4n) is 1.27. The predicted molar refractivity (Wildman–Crippen MR) is 55.8 cm³/mol. The van der Waals surface area contributed by atoms with Gasteiger partial charge in [0.2, 0.25) is 0 Å². The summed E-state index contributed by atoms with van der Waals surface area (Å²) in [5.41, 5.74) is 0. The van der Waals surface area contributed by atoms with Crippen molar-refractivity contribution in [2.24, 2.45) is 0 Å². The van der Waals surface area contributed by atoms with Gasteiger partial charge in [0, 0.05) is 13.5 Å². The Labute approximate surface area is 82.9 Å². The number of rotatable bonds is 2. The topological polar surface area (TPSA) is 3.24 Å². The van der Waals surface area contributed by atoms with Crippen LogP contribution in [0.3, 0.4) is 0 Å². The van der Waals surface area contributed by atoms with E-state index in [-0.39, 0.29) is 0 Å². The monoisotopic (exact) mass is 267 g/mol. The van der Waals surface area contributed by atoms with Crippen LogP contribution in [0.4, 0.5) is 0 Å². The van der Waals surface area contributed by atoms with Gasteiger partial charge < -0.3 is 4.90 Å². The highest BCUT2D eigenvalue weighted by Crippen LogP contribution is 2.27. The lowest BCUT2D eigenvalue weighted by Gasteiger charge is -2.28. The fourth-order valence-corrected chi connectivity index (χ4v) is 1.74. The van der Waals surface area contributed by atoms with E-state index in [1.165, 1.54) is 13.0 Å². The standard InChI is InChI=1S/C8H16IN2/c1-4-5-10-6-7-11(3,9)8(10)2/h6-8H,4-5H2,1-3H3/q+1. The van der Waals surface area contributed by atoms with Crippen LogP contribution in [0.5, 0.6) is 0 Å². The van der Waals surface area contributed by atoms with Gasteiger partial charge in [-0.15, -0.1) is 0 Å². The van der Waals surface area contributed by atoms with Gasteiger partial charge in [-0.05, 0) is 6.42 Å². The van der Waals surface area contributed by atoms with Gasteiger partial charge in [0.1, 0.15) is 6.20 Å². The molecule has 0 aromatic heterocycles. The Morgan fingerprint density at radius 3 is 2.64 bits per heavy atom. The molecular weight excluding hydrogens is 251 g/mol. The van der Waals surface area contributed by atoms with Crippen LogP contribution >= 0.6 is 22.9 Å². The maximum Gasteiger partial charge on any atom is 0.255 e. The summed E-state index contributed by atoms with van der Waals surface area (Å²) in [6.45, 7) is 5.66. The van der Waals surface area contributed by atoms with Crippen LogP contribution in [0.2, 0.25) is 0 Å². The normalized spacial score (nSPS) is 36.7. The second-order valence-electron chi connectivity index (χ2n) is 3.20. The molecule has 1 rings (SSSR count). The van der Waals surface area contributed by atoms with Crippen molar-refractivity contribution in [2.75, 3.05) is 13.6 Å². The highest BCUT2D eigenvalue weighted by atomic mass is 127. The molecule has 0 amide bonds. The van der Waals surface area contributed by atoms with E-state index < -0.39 is 0 Å². The molecule has 0 fully saturated rings. The van der Waals surface area contributed by atoms with Crippen LogP contribution in [-0.2, 0) is 0 Å². The molecule has 0 saturated carbocycles. The first-order valence-corrected chi connectivity index (χ1v) is 5.05. The Kier molecular flexibility index (Phi) is 2.80. The van der Waals surface area contributed by atoms with Gasteiger partial charge in [-0.2, -0.15) is 0 Å². The van der Waals surface area contributed by atoms with Crippen molar-refractivity contribution in [1.29, 1.82) is 0 Å². The highest BCUT2D eigenvalue weighted by Gasteiger charge is 2.33. The van der Waals surface area contributed by atoms with E-state index in [0.717, 1.165) is 2.70 Å². The molecule has 0 N–H and O–H groups in total. The molecule has 1 heterocycles. The predicted octanol–water partition coefficient (Wildman–Crippen LogP) is 2.33. The van der Waals surface area contributed by atoms with Gasteiger partial charge in [0.25, 0.3) is 22.9 Å². The molecule has 0 bridgehead atoms. The Morgan fingerprint density at radius 1 is 1.64 bits per heavy atom. The second-order valence-corrected chi connectivity index (χ2v) is 5.28. The zero-order valence-electron chi connectivity index (χ0n) is 7.42. The smallest absolute Gasteiger partial charge is 0.255 e. The minimum Gasteiger partial charge on any atom is -0.323 e. The maximum absolute atomic E-state index is 2.46. The van der Waals surface area contributed by atoms with E-state index in [1.54, 1.807) is 0 Å². The molecule has 2 unspecified atom stereocenters. The first kappa shape index (κ1) is 9.32. The van der Waals surface area contributed by atoms with E-state index in [4.69, 9.17) is 0 Å². The molecule has 1 aliphatic heterocycles. The first-order chi connectivity index (χ1) is 5.08. The van der Waals surface area contributed by atoms with Crippen LogP contribution in [-0.4, -0.2) is 27.4 Å². The molecule has 3 heteroatoms. The Hall–Kier alpha value is 0.230. The average Bonchev–Trinajstić information content (AvgIpc) is 2.17. The summed E-state index contributed by atoms with van der Waals surface area (Å²) in [4.78, 5) is 2.40. The van der Waals surface area contributed by atoms with Crippen molar-refractivity contribution in [3.05, 3.63) is 12.4 Å². The van der Waals surface area contributed by atoms with Crippen LogP contribution < -0.4 is 0 Å². The molecule has 11 heavy (non-hydrogen) atoms. The zero-order chi connectivity index (χ0) is 8.48. The van der Waals surface area contributed by atoms with Crippen LogP contribution in [0.25, 0.3) is 0 Å². The fraction of sp³-hybridized carbons (Fsp3) is 0.750. The lowest BCUT2D eigenvalue weighted by molar-refractivity contribution is -0.706. The molecule has 0 spiro atoms. The maximum atomic E-state index is 2.46. The van der Waals surface area contributed by atoms with Crippen molar-refractivity contribution in [1.82, 2.24) is 4.90 Å². The van der Waals surface area contributed by atoms with Crippen LogP contribution in [0, 0.1) is 0 Å². The third-order valence-corrected chi connectivity index (χ3v) is 3.37. The van der Waals surface area contributed by atoms with Gasteiger partial charge in [-0.3, -0.25) is 0 Å². The van der Waals surface area contributed by atoms with Crippen molar-refractivity contribution >= 4 is 22.9 Å². The van der Waals surface area contributed by atoms with Gasteiger partial charge in [0.05, 0.1) is 13.2 Å². The average molecular weight is 267 g/mol. The number of hydrogen-bond acceptors (Lipinski definition) is 1. The zero-order valence-corrected chi connectivity index (χ0v) is 9.58. The molecule has 0 aromatic carbocycles. The van der Waals surface area contributed by atoms with Crippen molar-refractivity contribution < 1.29 is 2.70 Å². The lowest BCUT2D eigenvalue weighted by Crippen LogP contribution is -2.41. The van der Waals surface area contributed by atoms with E-state index >= 15 is 0 Å². The number of halogens is 1. The number of hydrogen-bond donors (Lipinski definition) is 0. The lowest BCUT2D eigenvalue weighted by atomic mass is 10.4. The van der Waals surface area contributed by atoms with Gasteiger partial charge in [-0.25, -0.2) is 2.70 Å².